The number of benzene rings is 1. The highest BCUT2D eigenvalue weighted by Crippen LogP contribution is 2.33. The van der Waals surface area contributed by atoms with Crippen LogP contribution in [0.1, 0.15) is 6.42 Å². The Morgan fingerprint density at radius 1 is 1.36 bits per heavy atom. The summed E-state index contributed by atoms with van der Waals surface area (Å²) in [5.41, 5.74) is 0.981. The van der Waals surface area contributed by atoms with E-state index in [1.54, 1.807) is 21.3 Å². The van der Waals surface area contributed by atoms with E-state index in [1.165, 1.54) is 0 Å². The number of hydrogen-bond acceptors (Lipinski definition) is 5. The van der Waals surface area contributed by atoms with E-state index in [2.05, 4.69) is 25.8 Å². The number of rotatable bonds is 8. The lowest BCUT2D eigenvalue weighted by Gasteiger charge is -2.22. The standard InChI is InChI=1S/C18H28ClN5O3.HI/c1-20-18(22-11-17(25)21-7-9-26-2)23-14-6-8-24(12-14)15-10-13(19)4-5-16(15)27-3;/h4-5,10,14H,6-9,11-12H2,1-3H3,(H,21,25)(H2,20,22,23);1H. The van der Waals surface area contributed by atoms with Gasteiger partial charge in [0, 0.05) is 44.9 Å². The van der Waals surface area contributed by atoms with Gasteiger partial charge in [0.2, 0.25) is 5.91 Å². The molecular formula is C18H29ClIN5O3. The van der Waals surface area contributed by atoms with Gasteiger partial charge < -0.3 is 30.3 Å². The van der Waals surface area contributed by atoms with Crippen LogP contribution in [-0.4, -0.2) is 72.0 Å². The molecule has 1 heterocycles. The summed E-state index contributed by atoms with van der Waals surface area (Å²) in [5.74, 6) is 1.30. The summed E-state index contributed by atoms with van der Waals surface area (Å²) < 4.78 is 10.4. The lowest BCUT2D eigenvalue weighted by atomic mass is 10.2. The van der Waals surface area contributed by atoms with Crippen LogP contribution in [0, 0.1) is 0 Å². The first kappa shape index (κ1) is 24.6. The van der Waals surface area contributed by atoms with Crippen molar-refractivity contribution in [2.75, 3.05) is 59.0 Å². The highest BCUT2D eigenvalue weighted by Gasteiger charge is 2.25. The first-order chi connectivity index (χ1) is 13.1. The van der Waals surface area contributed by atoms with Crippen LogP contribution in [0.25, 0.3) is 0 Å². The topological polar surface area (TPSA) is 87.2 Å². The lowest BCUT2D eigenvalue weighted by molar-refractivity contribution is -0.120. The Morgan fingerprint density at radius 3 is 2.82 bits per heavy atom. The fourth-order valence-corrected chi connectivity index (χ4v) is 3.08. The van der Waals surface area contributed by atoms with Gasteiger partial charge in [-0.15, -0.1) is 24.0 Å². The maximum atomic E-state index is 11.8. The van der Waals surface area contributed by atoms with Crippen molar-refractivity contribution >= 4 is 53.1 Å². The summed E-state index contributed by atoms with van der Waals surface area (Å²) in [6, 6.07) is 5.82. The van der Waals surface area contributed by atoms with Crippen LogP contribution in [-0.2, 0) is 9.53 Å². The van der Waals surface area contributed by atoms with Crippen molar-refractivity contribution in [1.29, 1.82) is 0 Å². The number of guanidine groups is 1. The Bertz CT molecular complexity index is 662. The van der Waals surface area contributed by atoms with E-state index in [0.717, 1.165) is 30.9 Å². The van der Waals surface area contributed by atoms with Crippen molar-refractivity contribution in [3.63, 3.8) is 0 Å². The molecule has 10 heteroatoms. The van der Waals surface area contributed by atoms with Gasteiger partial charge in [-0.1, -0.05) is 11.6 Å². The van der Waals surface area contributed by atoms with E-state index in [9.17, 15) is 4.79 Å². The average molecular weight is 526 g/mol. The Morgan fingerprint density at radius 2 is 2.14 bits per heavy atom. The maximum Gasteiger partial charge on any atom is 0.239 e. The second-order valence-electron chi connectivity index (χ2n) is 6.16. The van der Waals surface area contributed by atoms with Gasteiger partial charge in [0.25, 0.3) is 0 Å². The number of amides is 1. The highest BCUT2D eigenvalue weighted by atomic mass is 127. The van der Waals surface area contributed by atoms with Crippen molar-refractivity contribution < 1.29 is 14.3 Å². The minimum absolute atomic E-state index is 0. The van der Waals surface area contributed by atoms with Gasteiger partial charge in [-0.05, 0) is 24.6 Å². The third-order valence-corrected chi connectivity index (χ3v) is 4.51. The van der Waals surface area contributed by atoms with Crippen molar-refractivity contribution in [1.82, 2.24) is 16.0 Å². The molecule has 28 heavy (non-hydrogen) atoms. The van der Waals surface area contributed by atoms with Gasteiger partial charge in [-0.25, -0.2) is 0 Å². The molecule has 0 bridgehead atoms. The zero-order valence-corrected chi connectivity index (χ0v) is 19.5. The zero-order valence-electron chi connectivity index (χ0n) is 16.5. The van der Waals surface area contributed by atoms with Crippen LogP contribution in [0.2, 0.25) is 5.02 Å². The van der Waals surface area contributed by atoms with Gasteiger partial charge in [-0.2, -0.15) is 0 Å². The summed E-state index contributed by atoms with van der Waals surface area (Å²) in [5, 5.41) is 9.83. The number of carbonyl (C=O) groups is 1. The first-order valence-corrected chi connectivity index (χ1v) is 9.26. The van der Waals surface area contributed by atoms with Gasteiger partial charge in [0.05, 0.1) is 25.9 Å². The lowest BCUT2D eigenvalue weighted by Crippen LogP contribution is -2.47. The summed E-state index contributed by atoms with van der Waals surface area (Å²) in [6.07, 6.45) is 0.941. The van der Waals surface area contributed by atoms with Crippen LogP contribution < -0.4 is 25.6 Å². The molecule has 1 fully saturated rings. The Labute approximate surface area is 188 Å². The van der Waals surface area contributed by atoms with Crippen molar-refractivity contribution in [3.05, 3.63) is 23.2 Å². The van der Waals surface area contributed by atoms with Gasteiger partial charge in [-0.3, -0.25) is 9.79 Å². The van der Waals surface area contributed by atoms with E-state index in [0.29, 0.717) is 24.1 Å². The highest BCUT2D eigenvalue weighted by molar-refractivity contribution is 14.0. The molecule has 8 nitrogen and oxygen atoms in total. The van der Waals surface area contributed by atoms with E-state index < -0.39 is 0 Å². The largest absolute Gasteiger partial charge is 0.495 e. The summed E-state index contributed by atoms with van der Waals surface area (Å²) in [7, 11) is 4.94. The molecule has 0 radical (unpaired) electrons. The average Bonchev–Trinajstić information content (AvgIpc) is 3.13. The fourth-order valence-electron chi connectivity index (χ4n) is 2.91. The van der Waals surface area contributed by atoms with Crippen molar-refractivity contribution in [2.45, 2.75) is 12.5 Å². The van der Waals surface area contributed by atoms with Crippen LogP contribution >= 0.6 is 35.6 Å². The van der Waals surface area contributed by atoms with E-state index in [4.69, 9.17) is 21.1 Å². The molecule has 1 aromatic rings. The molecule has 1 amide bonds. The molecule has 158 valence electrons. The summed E-state index contributed by atoms with van der Waals surface area (Å²) in [6.45, 7) is 2.80. The SMILES string of the molecule is CN=C(NCC(=O)NCCOC)NC1CCN(c2cc(Cl)ccc2OC)C1.I. The second kappa shape index (κ2) is 12.9. The number of nitrogens with one attached hydrogen (secondary N) is 3. The molecule has 1 aromatic carbocycles. The first-order valence-electron chi connectivity index (χ1n) is 8.88. The third kappa shape index (κ3) is 7.51. The van der Waals surface area contributed by atoms with Gasteiger partial charge >= 0.3 is 0 Å². The molecule has 1 aliphatic rings. The summed E-state index contributed by atoms with van der Waals surface area (Å²) in [4.78, 5) is 18.2. The molecule has 1 atom stereocenters. The Kier molecular flexibility index (Phi) is 11.3. The Balaban J connectivity index is 0.00000392. The zero-order chi connectivity index (χ0) is 19.6. The number of nitrogens with zero attached hydrogens (tertiary/aromatic N) is 2. The van der Waals surface area contributed by atoms with Crippen LogP contribution in [0.5, 0.6) is 5.75 Å². The van der Waals surface area contributed by atoms with E-state index in [1.807, 2.05) is 18.2 Å². The van der Waals surface area contributed by atoms with Gasteiger partial charge in [0.15, 0.2) is 5.96 Å². The van der Waals surface area contributed by atoms with Gasteiger partial charge in [0.1, 0.15) is 5.75 Å². The van der Waals surface area contributed by atoms with E-state index >= 15 is 0 Å². The van der Waals surface area contributed by atoms with Crippen molar-refractivity contribution in [3.8, 4) is 5.75 Å². The molecule has 1 saturated heterocycles. The van der Waals surface area contributed by atoms with Crippen LogP contribution in [0.3, 0.4) is 0 Å². The van der Waals surface area contributed by atoms with Crippen LogP contribution in [0.4, 0.5) is 5.69 Å². The molecule has 1 unspecified atom stereocenters. The minimum atomic E-state index is -0.105. The monoisotopic (exact) mass is 525 g/mol. The predicted molar refractivity (Wildman–Crippen MR) is 123 cm³/mol. The molecule has 0 spiro atoms. The van der Waals surface area contributed by atoms with Crippen molar-refractivity contribution in [2.24, 2.45) is 4.99 Å². The number of aliphatic imine (C=N–C) groups is 1. The number of halogens is 2. The number of hydrogen-bond donors (Lipinski definition) is 3. The molecule has 0 aliphatic carbocycles. The second-order valence-corrected chi connectivity index (χ2v) is 6.60. The molecule has 0 aromatic heterocycles. The number of methoxy groups -OCH3 is 2. The molecule has 1 aliphatic heterocycles. The normalized spacial score (nSPS) is 16.4. The smallest absolute Gasteiger partial charge is 0.239 e. The van der Waals surface area contributed by atoms with Crippen LogP contribution in [0.15, 0.2) is 23.2 Å². The Hall–Kier alpha value is -1.46. The number of ether oxygens (including phenoxy) is 2. The summed E-state index contributed by atoms with van der Waals surface area (Å²) >= 11 is 6.14. The third-order valence-electron chi connectivity index (χ3n) is 4.28. The fraction of sp³-hybridized carbons (Fsp3) is 0.556. The number of anilines is 1. The molecule has 3 N–H and O–H groups in total. The molecule has 0 saturated carbocycles. The molecule has 2 rings (SSSR count). The quantitative estimate of drug-likeness (QED) is 0.206. The van der Waals surface area contributed by atoms with E-state index in [-0.39, 0.29) is 42.5 Å². The molecular weight excluding hydrogens is 497 g/mol. The maximum absolute atomic E-state index is 11.8. The number of carbonyl (C=O) groups excluding carboxylic acids is 1. The minimum Gasteiger partial charge on any atom is -0.495 e. The predicted octanol–water partition coefficient (Wildman–Crippen LogP) is 1.47.